The monoisotopic (exact) mass is 310 g/mol. The first-order valence-electron chi connectivity index (χ1n) is 7.48. The number of nitrogens with zero attached hydrogens (tertiary/aromatic N) is 1. The zero-order valence-electron chi connectivity index (χ0n) is 14.0. The standard InChI is InChI=1S/C19H22N2O2/c1-19(2,3)16-10-8-15(9-11-16)18(22)21-20-13-14-6-5-7-17(12-14)23-4/h5-13H,1-4H3,(H,21,22)/b20-13+. The van der Waals surface area contributed by atoms with Crippen molar-refractivity contribution < 1.29 is 9.53 Å². The van der Waals surface area contributed by atoms with Crippen LogP contribution in [0.4, 0.5) is 0 Å². The topological polar surface area (TPSA) is 50.7 Å². The fraction of sp³-hybridized carbons (Fsp3) is 0.263. The molecule has 0 unspecified atom stereocenters. The Kier molecular flexibility index (Phi) is 5.16. The molecular weight excluding hydrogens is 288 g/mol. The van der Waals surface area contributed by atoms with E-state index in [4.69, 9.17) is 4.74 Å². The molecule has 0 saturated heterocycles. The van der Waals surface area contributed by atoms with Crippen LogP contribution in [0.3, 0.4) is 0 Å². The van der Waals surface area contributed by atoms with E-state index in [2.05, 4.69) is 31.3 Å². The molecule has 0 aliphatic rings. The Bertz CT molecular complexity index is 698. The molecule has 1 amide bonds. The second kappa shape index (κ2) is 7.09. The van der Waals surface area contributed by atoms with Gasteiger partial charge in [-0.25, -0.2) is 5.43 Å². The Morgan fingerprint density at radius 1 is 1.13 bits per heavy atom. The number of nitrogens with one attached hydrogen (secondary N) is 1. The zero-order chi connectivity index (χ0) is 16.9. The molecule has 0 aliphatic heterocycles. The number of benzene rings is 2. The van der Waals surface area contributed by atoms with Crippen molar-refractivity contribution in [2.24, 2.45) is 5.10 Å². The van der Waals surface area contributed by atoms with Crippen LogP contribution < -0.4 is 10.2 Å². The molecule has 4 nitrogen and oxygen atoms in total. The largest absolute Gasteiger partial charge is 0.497 e. The third-order valence-electron chi connectivity index (χ3n) is 3.49. The smallest absolute Gasteiger partial charge is 0.271 e. The number of hydrogen-bond donors (Lipinski definition) is 1. The summed E-state index contributed by atoms with van der Waals surface area (Å²) >= 11 is 0. The minimum atomic E-state index is -0.232. The first kappa shape index (κ1) is 16.7. The van der Waals surface area contributed by atoms with Gasteiger partial charge in [0.05, 0.1) is 13.3 Å². The summed E-state index contributed by atoms with van der Waals surface area (Å²) in [5.41, 5.74) is 5.23. The highest BCUT2D eigenvalue weighted by molar-refractivity contribution is 5.94. The number of methoxy groups -OCH3 is 1. The molecule has 0 heterocycles. The molecule has 0 fully saturated rings. The third kappa shape index (κ3) is 4.68. The minimum Gasteiger partial charge on any atom is -0.497 e. The third-order valence-corrected chi connectivity index (χ3v) is 3.49. The van der Waals surface area contributed by atoms with Gasteiger partial charge in [0.15, 0.2) is 0 Å². The molecule has 0 saturated carbocycles. The molecule has 2 aromatic rings. The Morgan fingerprint density at radius 2 is 1.83 bits per heavy atom. The van der Waals surface area contributed by atoms with Gasteiger partial charge in [-0.05, 0) is 40.8 Å². The predicted octanol–water partition coefficient (Wildman–Crippen LogP) is 3.76. The molecule has 1 N–H and O–H groups in total. The molecule has 23 heavy (non-hydrogen) atoms. The van der Waals surface area contributed by atoms with Crippen molar-refractivity contribution >= 4 is 12.1 Å². The van der Waals surface area contributed by atoms with E-state index in [-0.39, 0.29) is 11.3 Å². The number of ether oxygens (including phenoxy) is 1. The van der Waals surface area contributed by atoms with Crippen LogP contribution in [0.2, 0.25) is 0 Å². The van der Waals surface area contributed by atoms with Crippen LogP contribution in [-0.4, -0.2) is 19.2 Å². The molecule has 120 valence electrons. The predicted molar refractivity (Wildman–Crippen MR) is 93.2 cm³/mol. The van der Waals surface area contributed by atoms with Crippen LogP contribution in [0, 0.1) is 0 Å². The first-order chi connectivity index (χ1) is 10.9. The molecule has 4 heteroatoms. The Hall–Kier alpha value is -2.62. The molecule has 2 aromatic carbocycles. The molecule has 0 atom stereocenters. The highest BCUT2D eigenvalue weighted by Crippen LogP contribution is 2.22. The van der Waals surface area contributed by atoms with E-state index in [1.807, 2.05) is 48.5 Å². The summed E-state index contributed by atoms with van der Waals surface area (Å²) in [6, 6.07) is 15.0. The molecule has 0 spiro atoms. The minimum absolute atomic E-state index is 0.0690. The van der Waals surface area contributed by atoms with Crippen LogP contribution in [0.25, 0.3) is 0 Å². The number of hydrazone groups is 1. The fourth-order valence-corrected chi connectivity index (χ4v) is 2.07. The maximum Gasteiger partial charge on any atom is 0.271 e. The van der Waals surface area contributed by atoms with Gasteiger partial charge >= 0.3 is 0 Å². The van der Waals surface area contributed by atoms with E-state index in [0.717, 1.165) is 11.3 Å². The Balaban J connectivity index is 2.00. The van der Waals surface area contributed by atoms with E-state index in [0.29, 0.717) is 5.56 Å². The number of rotatable bonds is 4. The lowest BCUT2D eigenvalue weighted by atomic mass is 9.87. The van der Waals surface area contributed by atoms with Gasteiger partial charge in [-0.1, -0.05) is 45.0 Å². The summed E-state index contributed by atoms with van der Waals surface area (Å²) in [5, 5.41) is 3.98. The number of amides is 1. The van der Waals surface area contributed by atoms with Gasteiger partial charge in [-0.3, -0.25) is 4.79 Å². The normalized spacial score (nSPS) is 11.5. The Labute approximate surface area is 137 Å². The Morgan fingerprint density at radius 3 is 2.43 bits per heavy atom. The van der Waals surface area contributed by atoms with Gasteiger partial charge in [0.1, 0.15) is 5.75 Å². The maximum atomic E-state index is 12.1. The van der Waals surface area contributed by atoms with Gasteiger partial charge in [-0.2, -0.15) is 5.10 Å². The molecule has 2 rings (SSSR count). The van der Waals surface area contributed by atoms with Gasteiger partial charge < -0.3 is 4.74 Å². The quantitative estimate of drug-likeness (QED) is 0.690. The number of carbonyl (C=O) groups excluding carboxylic acids is 1. The molecule has 0 aliphatic carbocycles. The maximum absolute atomic E-state index is 12.1. The van der Waals surface area contributed by atoms with Crippen molar-refractivity contribution in [3.05, 3.63) is 65.2 Å². The lowest BCUT2D eigenvalue weighted by Gasteiger charge is -2.18. The summed E-state index contributed by atoms with van der Waals surface area (Å²) in [6.45, 7) is 6.42. The SMILES string of the molecule is COc1cccc(/C=N/NC(=O)c2ccc(C(C)(C)C)cc2)c1. The summed E-state index contributed by atoms with van der Waals surface area (Å²) < 4.78 is 5.14. The first-order valence-corrected chi connectivity index (χ1v) is 7.48. The van der Waals surface area contributed by atoms with Crippen molar-refractivity contribution in [3.8, 4) is 5.75 Å². The van der Waals surface area contributed by atoms with Crippen molar-refractivity contribution in [2.75, 3.05) is 7.11 Å². The van der Waals surface area contributed by atoms with Crippen LogP contribution in [0.15, 0.2) is 53.6 Å². The highest BCUT2D eigenvalue weighted by Gasteiger charge is 2.14. The number of carbonyl (C=O) groups is 1. The van der Waals surface area contributed by atoms with E-state index < -0.39 is 0 Å². The highest BCUT2D eigenvalue weighted by atomic mass is 16.5. The van der Waals surface area contributed by atoms with E-state index in [1.54, 1.807) is 13.3 Å². The van der Waals surface area contributed by atoms with Crippen molar-refractivity contribution in [3.63, 3.8) is 0 Å². The van der Waals surface area contributed by atoms with Crippen LogP contribution in [-0.2, 0) is 5.41 Å². The fourth-order valence-electron chi connectivity index (χ4n) is 2.07. The summed E-state index contributed by atoms with van der Waals surface area (Å²) in [5.74, 6) is 0.516. The van der Waals surface area contributed by atoms with Crippen LogP contribution in [0.1, 0.15) is 42.3 Å². The number of hydrogen-bond acceptors (Lipinski definition) is 3. The lowest BCUT2D eigenvalue weighted by molar-refractivity contribution is 0.0955. The van der Waals surface area contributed by atoms with Crippen molar-refractivity contribution in [2.45, 2.75) is 26.2 Å². The van der Waals surface area contributed by atoms with Gasteiger partial charge in [0.25, 0.3) is 5.91 Å². The van der Waals surface area contributed by atoms with Gasteiger partial charge in [0, 0.05) is 5.56 Å². The second-order valence-corrected chi connectivity index (χ2v) is 6.30. The van der Waals surface area contributed by atoms with Gasteiger partial charge in [-0.15, -0.1) is 0 Å². The van der Waals surface area contributed by atoms with Gasteiger partial charge in [0.2, 0.25) is 0 Å². The lowest BCUT2D eigenvalue weighted by Crippen LogP contribution is -2.18. The summed E-state index contributed by atoms with van der Waals surface area (Å²) in [6.07, 6.45) is 1.59. The molecule has 0 bridgehead atoms. The van der Waals surface area contributed by atoms with E-state index in [9.17, 15) is 4.79 Å². The van der Waals surface area contributed by atoms with Crippen LogP contribution >= 0.6 is 0 Å². The zero-order valence-corrected chi connectivity index (χ0v) is 14.0. The summed E-state index contributed by atoms with van der Waals surface area (Å²) in [4.78, 5) is 12.1. The summed E-state index contributed by atoms with van der Waals surface area (Å²) in [7, 11) is 1.61. The average molecular weight is 310 g/mol. The van der Waals surface area contributed by atoms with Crippen LogP contribution in [0.5, 0.6) is 5.75 Å². The molecule has 0 aromatic heterocycles. The van der Waals surface area contributed by atoms with E-state index >= 15 is 0 Å². The van der Waals surface area contributed by atoms with Crippen molar-refractivity contribution in [1.82, 2.24) is 5.43 Å². The average Bonchev–Trinajstić information content (AvgIpc) is 2.54. The molecular formula is C19H22N2O2. The van der Waals surface area contributed by atoms with E-state index in [1.165, 1.54) is 5.56 Å². The molecule has 0 radical (unpaired) electrons. The van der Waals surface area contributed by atoms with Crippen molar-refractivity contribution in [1.29, 1.82) is 0 Å². The second-order valence-electron chi connectivity index (χ2n) is 6.30.